The first-order valence-electron chi connectivity index (χ1n) is 9.16. The number of benzene rings is 1. The molecule has 7 heteroatoms. The molecule has 1 aromatic heterocycles. The van der Waals surface area contributed by atoms with Gasteiger partial charge in [-0.25, -0.2) is 4.79 Å². The molecule has 4 rings (SSSR count). The summed E-state index contributed by atoms with van der Waals surface area (Å²) in [5.41, 5.74) is 0.827. The second-order valence-corrected chi connectivity index (χ2v) is 7.00. The molecule has 1 aliphatic heterocycles. The normalized spacial score (nSPS) is 18.1. The van der Waals surface area contributed by atoms with E-state index in [0.29, 0.717) is 31.9 Å². The molecule has 27 heavy (non-hydrogen) atoms. The molecule has 2 aromatic rings. The number of hydrogen-bond acceptors (Lipinski definition) is 4. The standard InChI is InChI=1S/C20H23N3O4/c1-26-16-6-4-15(5-7-16)20(8-9-20)21-19(25)23-12-10-22(11-13-23)18(24)17-3-2-14-27-17/h2-7,14H,8-13H2,1H3,(H,21,25). The first kappa shape index (κ1) is 17.5. The number of rotatable bonds is 4. The van der Waals surface area contributed by atoms with Crippen molar-refractivity contribution in [2.45, 2.75) is 18.4 Å². The second kappa shape index (κ2) is 6.98. The number of amides is 3. The van der Waals surface area contributed by atoms with Crippen molar-refractivity contribution in [1.82, 2.24) is 15.1 Å². The fourth-order valence-corrected chi connectivity index (χ4v) is 3.47. The van der Waals surface area contributed by atoms with Crippen LogP contribution >= 0.6 is 0 Å². The van der Waals surface area contributed by atoms with Crippen molar-refractivity contribution in [3.05, 3.63) is 54.0 Å². The van der Waals surface area contributed by atoms with Gasteiger partial charge >= 0.3 is 6.03 Å². The molecule has 142 valence electrons. The molecule has 7 nitrogen and oxygen atoms in total. The van der Waals surface area contributed by atoms with Crippen molar-refractivity contribution in [3.8, 4) is 5.75 Å². The summed E-state index contributed by atoms with van der Waals surface area (Å²) in [6, 6.07) is 11.1. The van der Waals surface area contributed by atoms with Gasteiger partial charge in [0.05, 0.1) is 18.9 Å². The second-order valence-electron chi connectivity index (χ2n) is 7.00. The Bertz CT molecular complexity index is 804. The number of urea groups is 1. The Labute approximate surface area is 157 Å². The fourth-order valence-electron chi connectivity index (χ4n) is 3.47. The zero-order chi connectivity index (χ0) is 18.9. The lowest BCUT2D eigenvalue weighted by Crippen LogP contribution is -2.54. The predicted molar refractivity (Wildman–Crippen MR) is 98.6 cm³/mol. The molecule has 0 unspecified atom stereocenters. The summed E-state index contributed by atoms with van der Waals surface area (Å²) in [4.78, 5) is 28.5. The fraction of sp³-hybridized carbons (Fsp3) is 0.400. The van der Waals surface area contributed by atoms with E-state index in [1.165, 1.54) is 6.26 Å². The molecule has 2 aliphatic rings. The minimum absolute atomic E-state index is 0.0755. The number of nitrogens with zero attached hydrogens (tertiary/aromatic N) is 2. The number of ether oxygens (including phenoxy) is 1. The third-order valence-corrected chi connectivity index (χ3v) is 5.32. The Kier molecular flexibility index (Phi) is 4.51. The summed E-state index contributed by atoms with van der Waals surface area (Å²) in [6.45, 7) is 2.03. The Morgan fingerprint density at radius 2 is 1.70 bits per heavy atom. The maximum Gasteiger partial charge on any atom is 0.318 e. The number of nitrogens with one attached hydrogen (secondary N) is 1. The van der Waals surface area contributed by atoms with Gasteiger partial charge in [0, 0.05) is 26.2 Å². The average molecular weight is 369 g/mol. The van der Waals surface area contributed by atoms with Crippen LogP contribution in [0, 0.1) is 0 Å². The van der Waals surface area contributed by atoms with Gasteiger partial charge in [-0.2, -0.15) is 0 Å². The maximum atomic E-state index is 12.7. The molecule has 1 aliphatic carbocycles. The van der Waals surface area contributed by atoms with E-state index >= 15 is 0 Å². The van der Waals surface area contributed by atoms with Gasteiger partial charge in [-0.05, 0) is 42.7 Å². The van der Waals surface area contributed by atoms with Crippen LogP contribution in [0.3, 0.4) is 0 Å². The molecule has 0 bridgehead atoms. The molecule has 1 saturated carbocycles. The topological polar surface area (TPSA) is 75.0 Å². The number of hydrogen-bond donors (Lipinski definition) is 1. The first-order chi connectivity index (χ1) is 13.1. The van der Waals surface area contributed by atoms with Crippen molar-refractivity contribution >= 4 is 11.9 Å². The lowest BCUT2D eigenvalue weighted by atomic mass is 10.0. The summed E-state index contributed by atoms with van der Waals surface area (Å²) < 4.78 is 10.4. The third-order valence-electron chi connectivity index (χ3n) is 5.32. The van der Waals surface area contributed by atoms with Crippen molar-refractivity contribution < 1.29 is 18.7 Å². The smallest absolute Gasteiger partial charge is 0.318 e. The minimum Gasteiger partial charge on any atom is -0.497 e. The van der Waals surface area contributed by atoms with Gasteiger partial charge in [0.1, 0.15) is 5.75 Å². The quantitative estimate of drug-likeness (QED) is 0.898. The van der Waals surface area contributed by atoms with Gasteiger partial charge in [-0.15, -0.1) is 0 Å². The Hall–Kier alpha value is -2.96. The van der Waals surface area contributed by atoms with Crippen molar-refractivity contribution in [1.29, 1.82) is 0 Å². The molecule has 1 saturated heterocycles. The maximum absolute atomic E-state index is 12.7. The molecule has 2 fully saturated rings. The van der Waals surface area contributed by atoms with Gasteiger partial charge in [0.15, 0.2) is 5.76 Å². The zero-order valence-electron chi connectivity index (χ0n) is 15.3. The van der Waals surface area contributed by atoms with Crippen LogP contribution in [0.4, 0.5) is 4.79 Å². The van der Waals surface area contributed by atoms with Crippen molar-refractivity contribution in [2.24, 2.45) is 0 Å². The van der Waals surface area contributed by atoms with E-state index in [2.05, 4.69) is 5.32 Å². The highest BCUT2D eigenvalue weighted by molar-refractivity contribution is 5.91. The van der Waals surface area contributed by atoms with Gasteiger partial charge < -0.3 is 24.3 Å². The SMILES string of the molecule is COc1ccc(C2(NC(=O)N3CCN(C(=O)c4ccco4)CC3)CC2)cc1. The summed E-state index contributed by atoms with van der Waals surface area (Å²) in [5, 5.41) is 3.19. The van der Waals surface area contributed by atoms with E-state index < -0.39 is 0 Å². The molecular weight excluding hydrogens is 346 g/mol. The molecule has 0 radical (unpaired) electrons. The minimum atomic E-state index is -0.273. The predicted octanol–water partition coefficient (Wildman–Crippen LogP) is 2.44. The van der Waals surface area contributed by atoms with Gasteiger partial charge in [0.25, 0.3) is 5.91 Å². The number of methoxy groups -OCH3 is 1. The van der Waals surface area contributed by atoms with Crippen LogP contribution in [0.5, 0.6) is 5.75 Å². The molecule has 0 atom stereocenters. The van der Waals surface area contributed by atoms with Crippen LogP contribution in [0.15, 0.2) is 47.1 Å². The molecule has 1 N–H and O–H groups in total. The van der Waals surface area contributed by atoms with E-state index in [4.69, 9.17) is 9.15 Å². The van der Waals surface area contributed by atoms with Gasteiger partial charge in [0.2, 0.25) is 0 Å². The summed E-state index contributed by atoms with van der Waals surface area (Å²) >= 11 is 0. The van der Waals surface area contributed by atoms with E-state index in [9.17, 15) is 9.59 Å². The largest absolute Gasteiger partial charge is 0.497 e. The Morgan fingerprint density at radius 1 is 1.04 bits per heavy atom. The third kappa shape index (κ3) is 3.49. The van der Waals surface area contributed by atoms with Crippen molar-refractivity contribution in [3.63, 3.8) is 0 Å². The molecule has 1 aromatic carbocycles. The van der Waals surface area contributed by atoms with Crippen LogP contribution < -0.4 is 10.1 Å². The number of piperazine rings is 1. The molecule has 3 amide bonds. The number of carbonyl (C=O) groups excluding carboxylic acids is 2. The highest BCUT2D eigenvalue weighted by Gasteiger charge is 2.46. The van der Waals surface area contributed by atoms with Gasteiger partial charge in [-0.1, -0.05) is 12.1 Å². The highest BCUT2D eigenvalue weighted by atomic mass is 16.5. The number of carbonyl (C=O) groups is 2. The Balaban J connectivity index is 1.33. The summed E-state index contributed by atoms with van der Waals surface area (Å²) in [7, 11) is 1.64. The lowest BCUT2D eigenvalue weighted by Gasteiger charge is -2.35. The number of furan rings is 1. The monoisotopic (exact) mass is 369 g/mol. The van der Waals surface area contributed by atoms with Crippen LogP contribution in [0.1, 0.15) is 29.0 Å². The first-order valence-corrected chi connectivity index (χ1v) is 9.16. The molecule has 2 heterocycles. The highest BCUT2D eigenvalue weighted by Crippen LogP contribution is 2.46. The summed E-state index contributed by atoms with van der Waals surface area (Å²) in [5.74, 6) is 1.01. The van der Waals surface area contributed by atoms with Crippen molar-refractivity contribution in [2.75, 3.05) is 33.3 Å². The van der Waals surface area contributed by atoms with Crippen LogP contribution in [0.25, 0.3) is 0 Å². The zero-order valence-corrected chi connectivity index (χ0v) is 15.3. The Morgan fingerprint density at radius 3 is 2.26 bits per heavy atom. The van der Waals surface area contributed by atoms with Crippen LogP contribution in [0.2, 0.25) is 0 Å². The van der Waals surface area contributed by atoms with E-state index in [1.807, 2.05) is 24.3 Å². The van der Waals surface area contributed by atoms with E-state index in [-0.39, 0.29) is 17.5 Å². The lowest BCUT2D eigenvalue weighted by molar-refractivity contribution is 0.0632. The molecule has 0 spiro atoms. The average Bonchev–Trinajstić information content (AvgIpc) is 3.28. The van der Waals surface area contributed by atoms with E-state index in [1.54, 1.807) is 29.0 Å². The van der Waals surface area contributed by atoms with E-state index in [0.717, 1.165) is 24.2 Å². The van der Waals surface area contributed by atoms with Crippen LogP contribution in [-0.2, 0) is 5.54 Å². The molecular formula is C20H23N3O4. The van der Waals surface area contributed by atoms with Crippen LogP contribution in [-0.4, -0.2) is 55.0 Å². The summed E-state index contributed by atoms with van der Waals surface area (Å²) in [6.07, 6.45) is 3.36. The van der Waals surface area contributed by atoms with Gasteiger partial charge in [-0.3, -0.25) is 4.79 Å².